The number of anilines is 1. The van der Waals surface area contributed by atoms with Crippen LogP contribution in [0.1, 0.15) is 38.2 Å². The van der Waals surface area contributed by atoms with Gasteiger partial charge in [-0.3, -0.25) is 5.32 Å². The van der Waals surface area contributed by atoms with E-state index < -0.39 is 6.23 Å². The standard InChI is InChI=1S/C20H28N2O2/c1-3-11-13-10-15(21-19(11)24)17-20(9-8-12(13)18(20)23)14-6-4-5-7-16(14)22(17)2/h4-7,11-13,15,17-19,21,23-24H,3,8-10H2,1-2H3/t11-,12?,13?,15-,17-,18+,19+,20+/m0/s1. The maximum Gasteiger partial charge on any atom is 0.108 e. The number of para-hydroxylation sites is 1. The Hall–Kier alpha value is -1.10. The molecule has 4 aliphatic rings. The first-order chi connectivity index (χ1) is 11.6. The Bertz CT molecular complexity index is 665. The van der Waals surface area contributed by atoms with Gasteiger partial charge in [0.1, 0.15) is 6.23 Å². The van der Waals surface area contributed by atoms with E-state index in [-0.39, 0.29) is 29.5 Å². The molecule has 2 unspecified atom stereocenters. The highest BCUT2D eigenvalue weighted by Gasteiger charge is 2.66. The van der Waals surface area contributed by atoms with Crippen molar-refractivity contribution < 1.29 is 10.2 Å². The van der Waals surface area contributed by atoms with Crippen LogP contribution in [0.4, 0.5) is 5.69 Å². The molecule has 2 saturated carbocycles. The molecule has 130 valence electrons. The van der Waals surface area contributed by atoms with Gasteiger partial charge in [0.2, 0.25) is 0 Å². The molecule has 0 aromatic heterocycles. The highest BCUT2D eigenvalue weighted by atomic mass is 16.3. The molecule has 5 rings (SSSR count). The third-order valence-electron chi connectivity index (χ3n) is 7.82. The summed E-state index contributed by atoms with van der Waals surface area (Å²) in [6.07, 6.45) is 3.44. The fraction of sp³-hybridized carbons (Fsp3) is 0.700. The Morgan fingerprint density at radius 2 is 2.04 bits per heavy atom. The second-order valence-electron chi connectivity index (χ2n) is 8.45. The number of piperidine rings is 1. The van der Waals surface area contributed by atoms with Gasteiger partial charge in [0, 0.05) is 30.1 Å². The molecule has 3 fully saturated rings. The molecule has 1 spiro atoms. The van der Waals surface area contributed by atoms with Crippen molar-refractivity contribution >= 4 is 5.69 Å². The summed E-state index contributed by atoms with van der Waals surface area (Å²) in [5.41, 5.74) is 2.41. The molecule has 3 N–H and O–H groups in total. The first-order valence-corrected chi connectivity index (χ1v) is 9.54. The number of fused-ring (bicyclic) bond motifs is 6. The molecule has 1 saturated heterocycles. The van der Waals surface area contributed by atoms with Crippen LogP contribution in [-0.2, 0) is 5.41 Å². The third kappa shape index (κ3) is 1.60. The smallest absolute Gasteiger partial charge is 0.108 e. The number of hydrogen-bond donors (Lipinski definition) is 3. The van der Waals surface area contributed by atoms with Gasteiger partial charge in [0.25, 0.3) is 0 Å². The maximum atomic E-state index is 11.5. The first kappa shape index (κ1) is 15.2. The number of hydrogen-bond acceptors (Lipinski definition) is 4. The lowest BCUT2D eigenvalue weighted by Gasteiger charge is -2.46. The largest absolute Gasteiger partial charge is 0.392 e. The van der Waals surface area contributed by atoms with Crippen LogP contribution in [0.15, 0.2) is 24.3 Å². The normalized spacial score (nSPS) is 48.8. The van der Waals surface area contributed by atoms with Gasteiger partial charge in [0.15, 0.2) is 0 Å². The average Bonchev–Trinajstić information content (AvgIpc) is 3.01. The van der Waals surface area contributed by atoms with Crippen LogP contribution in [0.25, 0.3) is 0 Å². The molecule has 2 aliphatic carbocycles. The quantitative estimate of drug-likeness (QED) is 0.736. The van der Waals surface area contributed by atoms with E-state index in [2.05, 4.69) is 48.5 Å². The van der Waals surface area contributed by atoms with Gasteiger partial charge < -0.3 is 15.1 Å². The van der Waals surface area contributed by atoms with E-state index in [1.807, 2.05) is 0 Å². The van der Waals surface area contributed by atoms with Crippen molar-refractivity contribution in [3.05, 3.63) is 29.8 Å². The minimum atomic E-state index is -0.445. The van der Waals surface area contributed by atoms with Crippen LogP contribution in [0.5, 0.6) is 0 Å². The summed E-state index contributed by atoms with van der Waals surface area (Å²) in [4.78, 5) is 2.37. The van der Waals surface area contributed by atoms with Gasteiger partial charge in [-0.1, -0.05) is 25.1 Å². The molecule has 24 heavy (non-hydrogen) atoms. The van der Waals surface area contributed by atoms with E-state index in [1.54, 1.807) is 0 Å². The van der Waals surface area contributed by atoms with Crippen LogP contribution in [0.3, 0.4) is 0 Å². The molecule has 2 heterocycles. The first-order valence-electron chi connectivity index (χ1n) is 9.54. The average molecular weight is 328 g/mol. The highest BCUT2D eigenvalue weighted by Crippen LogP contribution is 2.62. The lowest BCUT2D eigenvalue weighted by Crippen LogP contribution is -2.62. The molecule has 8 atom stereocenters. The van der Waals surface area contributed by atoms with E-state index in [4.69, 9.17) is 0 Å². The van der Waals surface area contributed by atoms with Crippen LogP contribution in [0.2, 0.25) is 0 Å². The van der Waals surface area contributed by atoms with Crippen LogP contribution < -0.4 is 10.2 Å². The Labute approximate surface area is 143 Å². The van der Waals surface area contributed by atoms with Crippen molar-refractivity contribution in [2.45, 2.75) is 62.4 Å². The second-order valence-corrected chi connectivity index (χ2v) is 8.45. The molecule has 2 aliphatic heterocycles. The minimum Gasteiger partial charge on any atom is -0.392 e. The predicted octanol–water partition coefficient (Wildman–Crippen LogP) is 1.85. The van der Waals surface area contributed by atoms with Gasteiger partial charge >= 0.3 is 0 Å². The van der Waals surface area contributed by atoms with Gasteiger partial charge in [-0.05, 0) is 49.1 Å². The monoisotopic (exact) mass is 328 g/mol. The number of nitrogens with zero attached hydrogens (tertiary/aromatic N) is 1. The van der Waals surface area contributed by atoms with E-state index in [9.17, 15) is 10.2 Å². The number of aliphatic hydroxyl groups is 2. The topological polar surface area (TPSA) is 55.7 Å². The maximum absolute atomic E-state index is 11.5. The molecule has 4 heteroatoms. The van der Waals surface area contributed by atoms with E-state index in [0.29, 0.717) is 11.8 Å². The molecule has 1 aromatic carbocycles. The fourth-order valence-electron chi connectivity index (χ4n) is 6.97. The summed E-state index contributed by atoms with van der Waals surface area (Å²) in [5.74, 6) is 1.01. The molecular weight excluding hydrogens is 300 g/mol. The number of nitrogens with one attached hydrogen (secondary N) is 1. The van der Waals surface area contributed by atoms with Crippen LogP contribution in [0, 0.1) is 17.8 Å². The summed E-state index contributed by atoms with van der Waals surface area (Å²) in [5, 5.41) is 25.8. The fourth-order valence-corrected chi connectivity index (χ4v) is 6.97. The molecule has 4 bridgehead atoms. The zero-order valence-corrected chi connectivity index (χ0v) is 14.5. The minimum absolute atomic E-state index is 0.176. The highest BCUT2D eigenvalue weighted by molar-refractivity contribution is 5.66. The van der Waals surface area contributed by atoms with E-state index in [1.165, 1.54) is 11.3 Å². The van der Waals surface area contributed by atoms with Crippen LogP contribution in [-0.4, -0.2) is 41.7 Å². The van der Waals surface area contributed by atoms with Gasteiger partial charge in [0.05, 0.1) is 12.1 Å². The lowest BCUT2D eigenvalue weighted by molar-refractivity contribution is -0.0351. The van der Waals surface area contributed by atoms with Crippen molar-refractivity contribution in [3.8, 4) is 0 Å². The zero-order valence-electron chi connectivity index (χ0n) is 14.5. The van der Waals surface area contributed by atoms with Crippen molar-refractivity contribution in [2.24, 2.45) is 17.8 Å². The number of rotatable bonds is 1. The van der Waals surface area contributed by atoms with Gasteiger partial charge in [-0.2, -0.15) is 0 Å². The third-order valence-corrected chi connectivity index (χ3v) is 7.82. The van der Waals surface area contributed by atoms with Crippen LogP contribution >= 0.6 is 0 Å². The van der Waals surface area contributed by atoms with Crippen molar-refractivity contribution in [2.75, 3.05) is 11.9 Å². The second kappa shape index (κ2) is 4.96. The predicted molar refractivity (Wildman–Crippen MR) is 93.9 cm³/mol. The summed E-state index contributed by atoms with van der Waals surface area (Å²) >= 11 is 0. The van der Waals surface area contributed by atoms with Crippen molar-refractivity contribution in [3.63, 3.8) is 0 Å². The number of aliphatic hydroxyl groups excluding tert-OH is 2. The lowest BCUT2D eigenvalue weighted by atomic mass is 9.70. The zero-order chi connectivity index (χ0) is 16.6. The van der Waals surface area contributed by atoms with E-state index in [0.717, 1.165) is 25.7 Å². The van der Waals surface area contributed by atoms with Gasteiger partial charge in [-0.15, -0.1) is 0 Å². The summed E-state index contributed by atoms with van der Waals surface area (Å²) in [6, 6.07) is 9.08. The summed E-state index contributed by atoms with van der Waals surface area (Å²) in [6.45, 7) is 2.17. The summed E-state index contributed by atoms with van der Waals surface area (Å²) < 4.78 is 0. The SMILES string of the molecule is CC[C@H]1C2C[C@H](N[C@@H]1O)[C@@H]1N(C)c3ccccc3[C@]13CCC2[C@H]3O. The Balaban J connectivity index is 1.70. The van der Waals surface area contributed by atoms with Gasteiger partial charge in [-0.25, -0.2) is 0 Å². The Morgan fingerprint density at radius 1 is 1.25 bits per heavy atom. The summed E-state index contributed by atoms with van der Waals surface area (Å²) in [7, 11) is 2.17. The number of likely N-dealkylation sites (N-methyl/N-ethyl adjacent to an activating group) is 1. The van der Waals surface area contributed by atoms with Crippen molar-refractivity contribution in [1.29, 1.82) is 0 Å². The Kier molecular flexibility index (Phi) is 3.14. The molecule has 4 nitrogen and oxygen atoms in total. The molecular formula is C20H28N2O2. The molecule has 1 aromatic rings. The molecule has 0 radical (unpaired) electrons. The Morgan fingerprint density at radius 3 is 2.83 bits per heavy atom. The molecule has 0 amide bonds. The van der Waals surface area contributed by atoms with E-state index >= 15 is 0 Å². The van der Waals surface area contributed by atoms with Crippen molar-refractivity contribution in [1.82, 2.24) is 5.32 Å². The number of benzene rings is 1.